The molecule has 0 spiro atoms. The largest absolute Gasteiger partial charge is 0.508 e. The highest BCUT2D eigenvalue weighted by atomic mass is 16.4. The number of aliphatic hydroxyl groups excluding tert-OH is 1. The van der Waals surface area contributed by atoms with Gasteiger partial charge in [0.15, 0.2) is 5.96 Å². The van der Waals surface area contributed by atoms with Crippen molar-refractivity contribution in [2.75, 3.05) is 26.2 Å². The Bertz CT molecular complexity index is 4100. The fourth-order valence-electron chi connectivity index (χ4n) is 13.2. The number of carboxylic acid groups (broad SMARTS) is 1. The van der Waals surface area contributed by atoms with E-state index < -0.39 is 145 Å². The maximum Gasteiger partial charge on any atom is 0.322 e. The zero-order valence-corrected chi connectivity index (χ0v) is 62.5. The van der Waals surface area contributed by atoms with Crippen molar-refractivity contribution in [3.05, 3.63) is 120 Å². The molecule has 10 atom stereocenters. The van der Waals surface area contributed by atoms with Gasteiger partial charge in [-0.2, -0.15) is 0 Å². The van der Waals surface area contributed by atoms with E-state index in [1.165, 1.54) is 48.1 Å². The van der Waals surface area contributed by atoms with Crippen LogP contribution < -0.4 is 70.8 Å². The number of H-pyrrole nitrogens is 3. The maximum absolute atomic E-state index is 15.2. The molecule has 0 saturated carbocycles. The van der Waals surface area contributed by atoms with E-state index in [4.69, 9.17) is 22.9 Å². The molecule has 596 valence electrons. The van der Waals surface area contributed by atoms with Crippen LogP contribution in [-0.2, 0) is 83.2 Å². The number of benzene rings is 3. The normalized spacial score (nSPS) is 15.1. The molecule has 110 heavy (non-hydrogen) atoms. The number of nitrogens with one attached hydrogen (secondary N) is 12. The number of carbonyl (C=O) groups excluding carboxylic acids is 11. The number of guanidine groups is 1. The Kier molecular flexibility index (Phi) is 34.0. The van der Waals surface area contributed by atoms with Crippen LogP contribution in [0.1, 0.15) is 146 Å². The number of nitrogens with zero attached hydrogens (tertiary/aromatic N) is 3. The lowest BCUT2D eigenvalue weighted by Crippen LogP contribution is -2.62. The van der Waals surface area contributed by atoms with E-state index in [9.17, 15) is 58.5 Å². The lowest BCUT2D eigenvalue weighted by atomic mass is 9.99. The third-order valence-electron chi connectivity index (χ3n) is 19.1. The number of aromatic amines is 3. The number of aliphatic hydroxyl groups is 1. The molecule has 0 radical (unpaired) electrons. The zero-order valence-electron chi connectivity index (χ0n) is 62.5. The highest BCUT2D eigenvalue weighted by Gasteiger charge is 2.40. The number of rotatable bonds is 47. The number of para-hydroxylation sites is 2. The molecule has 6 aromatic rings. The van der Waals surface area contributed by atoms with Gasteiger partial charge in [0.1, 0.15) is 66.7 Å². The van der Waals surface area contributed by atoms with Crippen molar-refractivity contribution < 1.29 is 72.9 Å². The number of carbonyl (C=O) groups is 12. The number of phenolic OH excluding ortho intramolecular Hbond substituents is 1. The van der Waals surface area contributed by atoms with Gasteiger partial charge in [-0.15, -0.1) is 0 Å². The molecule has 11 amide bonds. The fraction of sp³-hybridized carbons (Fsp3) is 0.500. The van der Waals surface area contributed by atoms with Crippen LogP contribution in [0.2, 0.25) is 0 Å². The Hall–Kier alpha value is -11.4. The van der Waals surface area contributed by atoms with Gasteiger partial charge in [-0.3, -0.25) is 62.5 Å². The van der Waals surface area contributed by atoms with Crippen molar-refractivity contribution >= 4 is 98.7 Å². The van der Waals surface area contributed by atoms with E-state index in [0.29, 0.717) is 63.5 Å². The molecule has 3 aromatic heterocycles. The van der Waals surface area contributed by atoms with Crippen molar-refractivity contribution in [3.8, 4) is 5.75 Å². The van der Waals surface area contributed by atoms with E-state index >= 15 is 14.4 Å². The van der Waals surface area contributed by atoms with Crippen molar-refractivity contribution in [1.29, 1.82) is 0 Å². The van der Waals surface area contributed by atoms with Crippen LogP contribution in [0.5, 0.6) is 5.75 Å². The van der Waals surface area contributed by atoms with Gasteiger partial charge >= 0.3 is 5.97 Å². The average molecular weight is 1530 g/mol. The number of aliphatic carboxylic acids is 1. The Morgan fingerprint density at radius 1 is 0.573 bits per heavy atom. The fourth-order valence-corrected chi connectivity index (χ4v) is 13.2. The van der Waals surface area contributed by atoms with Crippen molar-refractivity contribution in [1.82, 2.24) is 72.7 Å². The second kappa shape index (κ2) is 43.5. The number of imidazole rings is 1. The Morgan fingerprint density at radius 3 is 1.61 bits per heavy atom. The average Bonchev–Trinajstić information content (AvgIpc) is 1.62. The molecular formula is C76H107N19O15. The quantitative estimate of drug-likeness (QED) is 0.0142. The molecular weight excluding hydrogens is 1420 g/mol. The molecule has 34 heteroatoms. The van der Waals surface area contributed by atoms with Crippen LogP contribution in [0.3, 0.4) is 0 Å². The van der Waals surface area contributed by atoms with Crippen LogP contribution in [0.25, 0.3) is 21.8 Å². The van der Waals surface area contributed by atoms with E-state index in [-0.39, 0.29) is 94.9 Å². The van der Waals surface area contributed by atoms with Gasteiger partial charge in [0, 0.05) is 91.3 Å². The number of aromatic nitrogens is 4. The van der Waals surface area contributed by atoms with Crippen LogP contribution in [0.4, 0.5) is 0 Å². The summed E-state index contributed by atoms with van der Waals surface area (Å²) in [6.07, 6.45) is 13.4. The lowest BCUT2D eigenvalue weighted by Gasteiger charge is -2.30. The molecule has 1 unspecified atom stereocenters. The number of aliphatic imine (C=N–C) groups is 1. The topological polar surface area (TPSA) is 554 Å². The number of unbranched alkanes of at least 4 members (excludes halogenated alkanes) is 7. The summed E-state index contributed by atoms with van der Waals surface area (Å²) >= 11 is 0. The van der Waals surface area contributed by atoms with Gasteiger partial charge in [0.2, 0.25) is 65.0 Å². The molecule has 1 aliphatic rings. The first-order chi connectivity index (χ1) is 52.7. The number of aromatic hydroxyl groups is 1. The SMILES string of the molecule is CCCCCCCCCCC(N)C(=O)N[C@@H](CCC(N)=O)C(=O)N[C@@H](Cc1cnc[nH]1)C(=O)N[C@@H](Cc1c[nH]c2ccccc12)C(=O)N[C@@H](CO)C(=O)N[C@@H](Cc1ccc(O)cc1)C(=O)N[C@@H](Cc1c[nH]c2ccccc12)C(=O)N[C@@H](CC(C)C)C(=O)N[C@@H](CCCN=C(N)N)C(=O)N1CCC[C@H]1C(=O)NCC(=O)O. The summed E-state index contributed by atoms with van der Waals surface area (Å²) in [5.41, 5.74) is 26.1. The van der Waals surface area contributed by atoms with Gasteiger partial charge in [-0.05, 0) is 91.8 Å². The monoisotopic (exact) mass is 1530 g/mol. The predicted octanol–water partition coefficient (Wildman–Crippen LogP) is 0.634. The van der Waals surface area contributed by atoms with Crippen molar-refractivity contribution in [2.45, 2.75) is 210 Å². The van der Waals surface area contributed by atoms with Gasteiger partial charge in [0.05, 0.1) is 19.0 Å². The van der Waals surface area contributed by atoms with Gasteiger partial charge in [-0.1, -0.05) is 121 Å². The number of hydrogen-bond donors (Lipinski definition) is 19. The molecule has 0 aliphatic carbocycles. The standard InChI is InChI=1S/C76H107N19O15/c1-4-5-6-7-8-9-10-11-20-52(77)66(101)87-55(29-30-64(78)98)67(102)93-61(37-48-40-81-43-86-48)72(107)92-60(36-47-39-84-54-22-15-13-19-51(47)54)71(106)94-62(42-96)73(108)90-58(34-45-25-27-49(97)28-26-45)69(104)91-59(35-46-38-83-53-21-14-12-18-50(46)53)70(105)89-57(33-44(2)3)68(103)88-56(23-16-31-82-76(79)80)75(110)95-32-17-24-63(95)74(109)85-41-65(99)100/h12-15,18-19,21-22,25-28,38-40,43-44,52,55-63,83-84,96-97H,4-11,16-17,20,23-24,29-37,41-42,77H2,1-3H3,(H2,78,98)(H,81,86)(H,85,109)(H,87,101)(H,88,103)(H,89,105)(H,90,108)(H,91,104)(H,92,107)(H,93,102)(H,94,106)(H,99,100)(H4,79,80,82)/t52?,55-,56-,57-,58-,59-,60-,61-,62-,63-/m0/s1. The summed E-state index contributed by atoms with van der Waals surface area (Å²) in [6.45, 7) is 4.09. The second-order valence-electron chi connectivity index (χ2n) is 28.2. The molecule has 1 fully saturated rings. The smallest absolute Gasteiger partial charge is 0.322 e. The van der Waals surface area contributed by atoms with Crippen molar-refractivity contribution in [2.24, 2.45) is 33.8 Å². The third kappa shape index (κ3) is 27.1. The third-order valence-corrected chi connectivity index (χ3v) is 19.1. The van der Waals surface area contributed by atoms with Crippen LogP contribution >= 0.6 is 0 Å². The van der Waals surface area contributed by atoms with Crippen LogP contribution in [0, 0.1) is 5.92 Å². The van der Waals surface area contributed by atoms with Crippen LogP contribution in [-0.4, -0.2) is 204 Å². The number of hydrogen-bond acceptors (Lipinski definition) is 17. The van der Waals surface area contributed by atoms with Crippen molar-refractivity contribution in [3.63, 3.8) is 0 Å². The molecule has 34 nitrogen and oxygen atoms in total. The molecule has 23 N–H and O–H groups in total. The molecule has 7 rings (SSSR count). The van der Waals surface area contributed by atoms with E-state index in [1.54, 1.807) is 74.8 Å². The molecule has 1 saturated heterocycles. The Morgan fingerprint density at radius 2 is 1.07 bits per heavy atom. The molecule has 4 heterocycles. The van der Waals surface area contributed by atoms with Gasteiger partial charge in [0.25, 0.3) is 0 Å². The number of fused-ring (bicyclic) bond motifs is 2. The number of amides is 11. The zero-order chi connectivity index (χ0) is 79.8. The van der Waals surface area contributed by atoms with E-state index in [0.717, 1.165) is 38.5 Å². The number of primary amides is 1. The lowest BCUT2D eigenvalue weighted by molar-refractivity contribution is -0.143. The molecule has 0 bridgehead atoms. The van der Waals surface area contributed by atoms with E-state index in [2.05, 4.69) is 79.7 Å². The summed E-state index contributed by atoms with van der Waals surface area (Å²) in [7, 11) is 0. The van der Waals surface area contributed by atoms with Crippen LogP contribution in [0.15, 0.2) is 103 Å². The Labute approximate surface area is 637 Å². The summed E-state index contributed by atoms with van der Waals surface area (Å²) in [4.78, 5) is 188. The molecule has 3 aromatic carbocycles. The second-order valence-corrected chi connectivity index (χ2v) is 28.2. The number of nitrogens with two attached hydrogens (primary N) is 4. The highest BCUT2D eigenvalue weighted by molar-refractivity contribution is 6.00. The number of likely N-dealkylation sites (tertiary alicyclic amines) is 1. The number of phenols is 1. The summed E-state index contributed by atoms with van der Waals surface area (Å²) < 4.78 is 0. The number of carboxylic acids is 1. The summed E-state index contributed by atoms with van der Waals surface area (Å²) in [5.74, 6) is -11.4. The highest BCUT2D eigenvalue weighted by Crippen LogP contribution is 2.24. The minimum Gasteiger partial charge on any atom is -0.508 e. The van der Waals surface area contributed by atoms with Gasteiger partial charge in [-0.25, -0.2) is 4.98 Å². The Balaban J connectivity index is 1.15. The first kappa shape index (κ1) is 85.8. The first-order valence-corrected chi connectivity index (χ1v) is 37.5. The maximum atomic E-state index is 15.2. The summed E-state index contributed by atoms with van der Waals surface area (Å²) in [6, 6.07) is 5.47. The van der Waals surface area contributed by atoms with Gasteiger partial charge < -0.3 is 106 Å². The minimum absolute atomic E-state index is 0.0108. The van der Waals surface area contributed by atoms with E-state index in [1.807, 2.05) is 0 Å². The predicted molar refractivity (Wildman–Crippen MR) is 409 cm³/mol. The molecule has 1 aliphatic heterocycles. The minimum atomic E-state index is -1.87. The summed E-state index contributed by atoms with van der Waals surface area (Å²) in [5, 5.41) is 55.8. The first-order valence-electron chi connectivity index (χ1n) is 37.5.